The average Bonchev–Trinajstić information content (AvgIpc) is 2.92. The van der Waals surface area contributed by atoms with E-state index in [1.807, 2.05) is 60.9 Å². The zero-order valence-corrected chi connectivity index (χ0v) is 24.3. The Bertz CT molecular complexity index is 1080. The van der Waals surface area contributed by atoms with Gasteiger partial charge in [0, 0.05) is 45.7 Å². The predicted octanol–water partition coefficient (Wildman–Crippen LogP) is 7.64. The van der Waals surface area contributed by atoms with Gasteiger partial charge in [-0.25, -0.2) is 0 Å². The van der Waals surface area contributed by atoms with E-state index in [9.17, 15) is 0 Å². The number of aromatic nitrogens is 2. The van der Waals surface area contributed by atoms with Crippen LogP contribution in [-0.2, 0) is 0 Å². The molecule has 4 rings (SSSR count). The van der Waals surface area contributed by atoms with Crippen LogP contribution in [0.15, 0.2) is 97.3 Å². The minimum Gasteiger partial charge on any atom is -0.309 e. The predicted molar refractivity (Wildman–Crippen MR) is 161 cm³/mol. The molecule has 0 N–H and O–H groups in total. The fourth-order valence-electron chi connectivity index (χ4n) is 4.30. The van der Waals surface area contributed by atoms with E-state index in [4.69, 9.17) is 23.2 Å². The molecule has 38 heavy (non-hydrogen) atoms. The minimum atomic E-state index is 0.320. The Morgan fingerprint density at radius 1 is 0.553 bits per heavy atom. The number of pyridine rings is 2. The fraction of sp³-hybridized carbons (Fsp3) is 0.312. The second-order valence-electron chi connectivity index (χ2n) is 9.90. The molecule has 0 bridgehead atoms. The smallest absolute Gasteiger partial charge is 0.0478 e. The third-order valence-electron chi connectivity index (χ3n) is 6.36. The number of hydrogen-bond acceptors (Lipinski definition) is 4. The summed E-state index contributed by atoms with van der Waals surface area (Å²) in [6.45, 7) is 2.06. The standard InChI is InChI=1S/2C16H19ClN2/c2*1-19(2)12-10-15(16-5-3-4-11-18-16)13-6-8-14(17)9-7-13/h2*3-9,11,15H,10,12H2,1-2H3. The van der Waals surface area contributed by atoms with Gasteiger partial charge in [0.2, 0.25) is 0 Å². The Morgan fingerprint density at radius 2 is 0.921 bits per heavy atom. The van der Waals surface area contributed by atoms with Crippen LogP contribution in [0.4, 0.5) is 0 Å². The molecule has 200 valence electrons. The molecule has 0 spiro atoms. The molecule has 4 nitrogen and oxygen atoms in total. The summed E-state index contributed by atoms with van der Waals surface area (Å²) in [6.07, 6.45) is 5.80. The third-order valence-corrected chi connectivity index (χ3v) is 6.87. The average molecular weight is 550 g/mol. The van der Waals surface area contributed by atoms with E-state index in [2.05, 4.69) is 84.4 Å². The molecule has 0 saturated heterocycles. The van der Waals surface area contributed by atoms with Crippen LogP contribution in [0.2, 0.25) is 10.0 Å². The first-order chi connectivity index (χ1) is 18.3. The zero-order chi connectivity index (χ0) is 27.3. The lowest BCUT2D eigenvalue weighted by Crippen LogP contribution is -2.17. The minimum absolute atomic E-state index is 0.320. The summed E-state index contributed by atoms with van der Waals surface area (Å²) < 4.78 is 0. The molecule has 4 aromatic rings. The summed E-state index contributed by atoms with van der Waals surface area (Å²) >= 11 is 11.9. The van der Waals surface area contributed by atoms with Gasteiger partial charge in [0.05, 0.1) is 0 Å². The van der Waals surface area contributed by atoms with E-state index < -0.39 is 0 Å². The molecule has 2 unspecified atom stereocenters. The van der Waals surface area contributed by atoms with Crippen molar-refractivity contribution in [3.8, 4) is 0 Å². The maximum atomic E-state index is 5.97. The lowest BCUT2D eigenvalue weighted by atomic mass is 9.92. The number of rotatable bonds is 10. The number of halogens is 2. The highest BCUT2D eigenvalue weighted by Crippen LogP contribution is 2.28. The van der Waals surface area contributed by atoms with Crippen molar-refractivity contribution in [3.63, 3.8) is 0 Å². The third kappa shape index (κ3) is 9.85. The highest BCUT2D eigenvalue weighted by Gasteiger charge is 2.16. The number of nitrogens with zero attached hydrogens (tertiary/aromatic N) is 4. The first-order valence-corrected chi connectivity index (χ1v) is 13.7. The van der Waals surface area contributed by atoms with Gasteiger partial charge in [-0.15, -0.1) is 0 Å². The van der Waals surface area contributed by atoms with Crippen LogP contribution in [0.3, 0.4) is 0 Å². The van der Waals surface area contributed by atoms with Gasteiger partial charge >= 0.3 is 0 Å². The molecule has 2 aromatic carbocycles. The van der Waals surface area contributed by atoms with Crippen molar-refractivity contribution in [1.29, 1.82) is 0 Å². The van der Waals surface area contributed by atoms with Gasteiger partial charge in [-0.3, -0.25) is 9.97 Å². The summed E-state index contributed by atoms with van der Waals surface area (Å²) in [6, 6.07) is 28.3. The van der Waals surface area contributed by atoms with Crippen LogP contribution < -0.4 is 0 Å². The molecule has 0 amide bonds. The molecule has 0 fully saturated rings. The van der Waals surface area contributed by atoms with Crippen molar-refractivity contribution in [2.24, 2.45) is 0 Å². The molecule has 0 aliphatic carbocycles. The second kappa shape index (κ2) is 15.6. The molecule has 0 radical (unpaired) electrons. The maximum absolute atomic E-state index is 5.97. The largest absolute Gasteiger partial charge is 0.309 e. The van der Waals surface area contributed by atoms with Crippen LogP contribution in [0, 0.1) is 0 Å². The lowest BCUT2D eigenvalue weighted by Gasteiger charge is -2.19. The van der Waals surface area contributed by atoms with Gasteiger partial charge in [-0.05, 0) is 114 Å². The summed E-state index contributed by atoms with van der Waals surface area (Å²) in [5, 5.41) is 1.55. The Morgan fingerprint density at radius 3 is 1.21 bits per heavy atom. The monoisotopic (exact) mass is 548 g/mol. The Hall–Kier alpha value is -2.76. The number of hydrogen-bond donors (Lipinski definition) is 0. The number of benzene rings is 2. The molecule has 6 heteroatoms. The van der Waals surface area contributed by atoms with Gasteiger partial charge in [0.15, 0.2) is 0 Å². The quantitative estimate of drug-likeness (QED) is 0.204. The van der Waals surface area contributed by atoms with E-state index in [0.717, 1.165) is 47.4 Å². The van der Waals surface area contributed by atoms with E-state index in [1.165, 1.54) is 11.1 Å². The first-order valence-electron chi connectivity index (χ1n) is 13.0. The first kappa shape index (κ1) is 29.8. The summed E-state index contributed by atoms with van der Waals surface area (Å²) in [4.78, 5) is 13.4. The molecule has 2 aromatic heterocycles. The molecule has 2 heterocycles. The van der Waals surface area contributed by atoms with Crippen molar-refractivity contribution in [3.05, 3.63) is 130 Å². The van der Waals surface area contributed by atoms with E-state index >= 15 is 0 Å². The van der Waals surface area contributed by atoms with Crippen molar-refractivity contribution in [2.45, 2.75) is 24.7 Å². The Labute approximate surface area is 238 Å². The molecular formula is C32H38Cl2N4. The summed E-state index contributed by atoms with van der Waals surface area (Å²) in [5.74, 6) is 0.640. The second-order valence-corrected chi connectivity index (χ2v) is 10.8. The highest BCUT2D eigenvalue weighted by molar-refractivity contribution is 6.30. The van der Waals surface area contributed by atoms with Gasteiger partial charge in [0.1, 0.15) is 0 Å². The van der Waals surface area contributed by atoms with Gasteiger partial charge in [-0.2, -0.15) is 0 Å². The van der Waals surface area contributed by atoms with E-state index in [0.29, 0.717) is 11.8 Å². The maximum Gasteiger partial charge on any atom is 0.0478 e. The van der Waals surface area contributed by atoms with Crippen LogP contribution in [0.5, 0.6) is 0 Å². The Kier molecular flexibility index (Phi) is 12.2. The van der Waals surface area contributed by atoms with E-state index in [1.54, 1.807) is 0 Å². The van der Waals surface area contributed by atoms with E-state index in [-0.39, 0.29) is 0 Å². The lowest BCUT2D eigenvalue weighted by molar-refractivity contribution is 0.389. The molecule has 0 aliphatic rings. The normalized spacial score (nSPS) is 12.6. The van der Waals surface area contributed by atoms with Crippen LogP contribution >= 0.6 is 23.2 Å². The van der Waals surface area contributed by atoms with Crippen LogP contribution in [0.1, 0.15) is 47.2 Å². The van der Waals surface area contributed by atoms with Crippen molar-refractivity contribution in [1.82, 2.24) is 19.8 Å². The topological polar surface area (TPSA) is 32.3 Å². The van der Waals surface area contributed by atoms with Crippen LogP contribution in [0.25, 0.3) is 0 Å². The zero-order valence-electron chi connectivity index (χ0n) is 22.8. The highest BCUT2D eigenvalue weighted by atomic mass is 35.5. The van der Waals surface area contributed by atoms with Crippen molar-refractivity contribution in [2.75, 3.05) is 41.3 Å². The van der Waals surface area contributed by atoms with Gasteiger partial charge in [-0.1, -0.05) is 59.6 Å². The van der Waals surface area contributed by atoms with Crippen molar-refractivity contribution < 1.29 is 0 Å². The van der Waals surface area contributed by atoms with Crippen molar-refractivity contribution >= 4 is 23.2 Å². The van der Waals surface area contributed by atoms with Crippen LogP contribution in [-0.4, -0.2) is 61.0 Å². The molecule has 0 aliphatic heterocycles. The van der Waals surface area contributed by atoms with Gasteiger partial charge < -0.3 is 9.80 Å². The van der Waals surface area contributed by atoms with Gasteiger partial charge in [0.25, 0.3) is 0 Å². The molecular weight excluding hydrogens is 511 g/mol. The molecule has 2 atom stereocenters. The fourth-order valence-corrected chi connectivity index (χ4v) is 4.55. The summed E-state index contributed by atoms with van der Waals surface area (Å²) in [7, 11) is 8.38. The Balaban J connectivity index is 0.000000211. The molecule has 0 saturated carbocycles. The summed E-state index contributed by atoms with van der Waals surface area (Å²) in [5.41, 5.74) is 4.77. The SMILES string of the molecule is CN(C)CCC(c1ccc(Cl)cc1)c1ccccn1.CN(C)CCC(c1ccc(Cl)cc1)c1ccccn1.